The number of fused-ring (bicyclic) bond motifs is 1. The van der Waals surface area contributed by atoms with E-state index in [1.54, 1.807) is 6.07 Å². The summed E-state index contributed by atoms with van der Waals surface area (Å²) in [6.45, 7) is 3.25. The van der Waals surface area contributed by atoms with Crippen molar-refractivity contribution in [2.75, 3.05) is 13.1 Å². The van der Waals surface area contributed by atoms with Crippen molar-refractivity contribution in [1.29, 1.82) is 0 Å². The van der Waals surface area contributed by atoms with Crippen LogP contribution in [0.3, 0.4) is 0 Å². The van der Waals surface area contributed by atoms with Crippen LogP contribution in [0.4, 0.5) is 0 Å². The summed E-state index contributed by atoms with van der Waals surface area (Å²) >= 11 is 0. The molecule has 5 heteroatoms. The molecule has 1 N–H and O–H groups in total. The molecule has 1 aromatic heterocycles. The van der Waals surface area contributed by atoms with Crippen molar-refractivity contribution in [2.24, 2.45) is 0 Å². The summed E-state index contributed by atoms with van der Waals surface area (Å²) in [5.74, 6) is 0.734. The van der Waals surface area contributed by atoms with Gasteiger partial charge in [0.05, 0.1) is 30.2 Å². The maximum absolute atomic E-state index is 12.2. The summed E-state index contributed by atoms with van der Waals surface area (Å²) in [6, 6.07) is 17.8. The van der Waals surface area contributed by atoms with Gasteiger partial charge < -0.3 is 9.72 Å². The lowest BCUT2D eigenvalue weighted by Crippen LogP contribution is -2.37. The van der Waals surface area contributed by atoms with Crippen molar-refractivity contribution in [1.82, 2.24) is 14.9 Å². The molecule has 134 valence electrons. The summed E-state index contributed by atoms with van der Waals surface area (Å²) in [4.78, 5) is 22.0. The molecule has 0 aliphatic carbocycles. The second kappa shape index (κ2) is 7.81. The number of likely N-dealkylation sites (tertiary alicyclic amines) is 1. The Morgan fingerprint density at radius 3 is 2.58 bits per heavy atom. The molecule has 5 nitrogen and oxygen atoms in total. The van der Waals surface area contributed by atoms with Gasteiger partial charge in [-0.05, 0) is 30.5 Å². The highest BCUT2D eigenvalue weighted by Gasteiger charge is 2.20. The Hall–Kier alpha value is -2.50. The van der Waals surface area contributed by atoms with Crippen molar-refractivity contribution < 1.29 is 4.74 Å². The fourth-order valence-electron chi connectivity index (χ4n) is 3.44. The van der Waals surface area contributed by atoms with Crippen molar-refractivity contribution in [2.45, 2.75) is 32.1 Å². The highest BCUT2D eigenvalue weighted by Crippen LogP contribution is 2.17. The molecule has 0 saturated carbocycles. The van der Waals surface area contributed by atoms with Crippen LogP contribution < -0.4 is 5.56 Å². The highest BCUT2D eigenvalue weighted by atomic mass is 16.5. The number of piperidine rings is 1. The number of benzene rings is 2. The van der Waals surface area contributed by atoms with Crippen molar-refractivity contribution in [3.05, 3.63) is 76.3 Å². The molecular weight excluding hydrogens is 326 g/mol. The van der Waals surface area contributed by atoms with Gasteiger partial charge in [0.15, 0.2) is 0 Å². The third-order valence-electron chi connectivity index (χ3n) is 4.90. The van der Waals surface area contributed by atoms with Crippen LogP contribution in [0.5, 0.6) is 0 Å². The van der Waals surface area contributed by atoms with Gasteiger partial charge in [0.2, 0.25) is 0 Å². The van der Waals surface area contributed by atoms with Crippen LogP contribution in [0.25, 0.3) is 10.9 Å². The second-order valence-electron chi connectivity index (χ2n) is 6.80. The molecule has 0 spiro atoms. The monoisotopic (exact) mass is 349 g/mol. The number of nitrogens with one attached hydrogen (secondary N) is 1. The Kier molecular flexibility index (Phi) is 5.09. The van der Waals surface area contributed by atoms with Crippen molar-refractivity contribution >= 4 is 10.9 Å². The van der Waals surface area contributed by atoms with E-state index in [0.717, 1.165) is 37.3 Å². The van der Waals surface area contributed by atoms with Gasteiger partial charge in [0, 0.05) is 13.1 Å². The van der Waals surface area contributed by atoms with Gasteiger partial charge >= 0.3 is 0 Å². The van der Waals surface area contributed by atoms with Gasteiger partial charge in [-0.1, -0.05) is 42.5 Å². The van der Waals surface area contributed by atoms with Crippen LogP contribution in [0.15, 0.2) is 59.4 Å². The quantitative estimate of drug-likeness (QED) is 0.769. The molecular formula is C21H23N3O2. The molecule has 2 heterocycles. The maximum atomic E-state index is 12.2. The third-order valence-corrected chi connectivity index (χ3v) is 4.90. The first kappa shape index (κ1) is 16.9. The van der Waals surface area contributed by atoms with E-state index < -0.39 is 0 Å². The lowest BCUT2D eigenvalue weighted by atomic mass is 10.1. The Labute approximate surface area is 152 Å². The molecule has 26 heavy (non-hydrogen) atoms. The first-order chi connectivity index (χ1) is 12.8. The normalized spacial score (nSPS) is 16.2. The lowest BCUT2D eigenvalue weighted by Gasteiger charge is -2.31. The fraction of sp³-hybridized carbons (Fsp3) is 0.333. The summed E-state index contributed by atoms with van der Waals surface area (Å²) < 4.78 is 6.04. The molecule has 1 saturated heterocycles. The number of aromatic nitrogens is 2. The van der Waals surface area contributed by atoms with Gasteiger partial charge in [0.25, 0.3) is 5.56 Å². The van der Waals surface area contributed by atoms with Crippen LogP contribution >= 0.6 is 0 Å². The van der Waals surface area contributed by atoms with Crippen LogP contribution in [-0.4, -0.2) is 34.1 Å². The molecule has 0 atom stereocenters. The van der Waals surface area contributed by atoms with Gasteiger partial charge in [-0.2, -0.15) is 0 Å². The molecule has 1 aliphatic rings. The minimum atomic E-state index is -0.0633. The lowest BCUT2D eigenvalue weighted by molar-refractivity contribution is -0.00436. The summed E-state index contributed by atoms with van der Waals surface area (Å²) in [7, 11) is 0. The fourth-order valence-corrected chi connectivity index (χ4v) is 3.44. The molecule has 4 rings (SSSR count). The number of H-pyrrole nitrogens is 1. The Bertz CT molecular complexity index is 915. The number of ether oxygens (including phenoxy) is 1. The van der Waals surface area contributed by atoms with E-state index in [-0.39, 0.29) is 5.56 Å². The number of rotatable bonds is 5. The van der Waals surface area contributed by atoms with Crippen molar-refractivity contribution in [3.8, 4) is 0 Å². The molecule has 0 amide bonds. The Morgan fingerprint density at radius 2 is 1.77 bits per heavy atom. The minimum absolute atomic E-state index is 0.0633. The molecule has 0 radical (unpaired) electrons. The summed E-state index contributed by atoms with van der Waals surface area (Å²) in [6.07, 6.45) is 2.31. The largest absolute Gasteiger partial charge is 0.373 e. The van der Waals surface area contributed by atoms with E-state index in [1.807, 2.05) is 36.4 Å². The van der Waals surface area contributed by atoms with E-state index in [1.165, 1.54) is 5.56 Å². The van der Waals surface area contributed by atoms with Gasteiger partial charge in [-0.15, -0.1) is 0 Å². The summed E-state index contributed by atoms with van der Waals surface area (Å²) in [5.41, 5.74) is 1.91. The summed E-state index contributed by atoms with van der Waals surface area (Å²) in [5, 5.41) is 0.643. The van der Waals surface area contributed by atoms with E-state index in [9.17, 15) is 4.79 Å². The van der Waals surface area contributed by atoms with Crippen LogP contribution in [0.1, 0.15) is 24.2 Å². The highest BCUT2D eigenvalue weighted by molar-refractivity contribution is 5.77. The number of hydrogen-bond acceptors (Lipinski definition) is 4. The average molecular weight is 349 g/mol. The molecule has 2 aromatic carbocycles. The number of hydrogen-bond donors (Lipinski definition) is 1. The average Bonchev–Trinajstić information content (AvgIpc) is 2.68. The van der Waals surface area contributed by atoms with Crippen molar-refractivity contribution in [3.63, 3.8) is 0 Å². The topological polar surface area (TPSA) is 58.2 Å². The maximum Gasteiger partial charge on any atom is 0.258 e. The molecule has 0 unspecified atom stereocenters. The minimum Gasteiger partial charge on any atom is -0.373 e. The third kappa shape index (κ3) is 4.00. The zero-order chi connectivity index (χ0) is 17.8. The van der Waals surface area contributed by atoms with Gasteiger partial charge in [0.1, 0.15) is 5.82 Å². The SMILES string of the molecule is O=c1[nH]c(CN2CCC(OCc3ccccc3)CC2)nc2ccccc12. The van der Waals surface area contributed by atoms with E-state index in [0.29, 0.717) is 24.6 Å². The molecule has 1 aliphatic heterocycles. The zero-order valence-corrected chi connectivity index (χ0v) is 14.7. The molecule has 0 bridgehead atoms. The molecule has 1 fully saturated rings. The van der Waals surface area contributed by atoms with Gasteiger partial charge in [-0.25, -0.2) is 4.98 Å². The standard InChI is InChI=1S/C21H23N3O2/c25-21-18-8-4-5-9-19(18)22-20(23-21)14-24-12-10-17(11-13-24)26-15-16-6-2-1-3-7-16/h1-9,17H,10-15H2,(H,22,23,25). The van der Waals surface area contributed by atoms with Crippen LogP contribution in [0, 0.1) is 0 Å². The zero-order valence-electron chi connectivity index (χ0n) is 14.7. The van der Waals surface area contributed by atoms with E-state index >= 15 is 0 Å². The van der Waals surface area contributed by atoms with Crippen LogP contribution in [-0.2, 0) is 17.9 Å². The first-order valence-electron chi connectivity index (χ1n) is 9.14. The van der Waals surface area contributed by atoms with Gasteiger partial charge in [-0.3, -0.25) is 9.69 Å². The number of aromatic amines is 1. The smallest absolute Gasteiger partial charge is 0.258 e. The molecule has 3 aromatic rings. The van der Waals surface area contributed by atoms with Crippen LogP contribution in [0.2, 0.25) is 0 Å². The predicted molar refractivity (Wildman–Crippen MR) is 102 cm³/mol. The first-order valence-corrected chi connectivity index (χ1v) is 9.14. The Morgan fingerprint density at radius 1 is 1.04 bits per heavy atom. The van der Waals surface area contributed by atoms with E-state index in [2.05, 4.69) is 27.0 Å². The second-order valence-corrected chi connectivity index (χ2v) is 6.80. The predicted octanol–water partition coefficient (Wildman–Crippen LogP) is 3.10. The Balaban J connectivity index is 1.32. The number of para-hydroxylation sites is 1. The van der Waals surface area contributed by atoms with E-state index in [4.69, 9.17) is 4.74 Å². The number of nitrogens with zero attached hydrogens (tertiary/aromatic N) is 2.